The predicted molar refractivity (Wildman–Crippen MR) is 120 cm³/mol. The summed E-state index contributed by atoms with van der Waals surface area (Å²) in [6, 6.07) is 0. The number of sulfonamides is 1. The summed E-state index contributed by atoms with van der Waals surface area (Å²) in [5.41, 5.74) is 0. The van der Waals surface area contributed by atoms with Crippen molar-refractivity contribution in [3.05, 3.63) is 0 Å². The number of nitrogens with one attached hydrogen (secondary N) is 1. The van der Waals surface area contributed by atoms with Crippen molar-refractivity contribution in [2.24, 2.45) is 0 Å². The zero-order valence-electron chi connectivity index (χ0n) is 25.7. The molecule has 0 aromatic heterocycles. The summed E-state index contributed by atoms with van der Waals surface area (Å²) in [7, 11) is -2.68. The number of hydrogen-bond donors (Lipinski definition) is 1. The molecule has 0 heterocycles. The molecule has 4 nitrogen and oxygen atoms in total. The van der Waals surface area contributed by atoms with E-state index in [1.165, 1.54) is 23.7 Å². The highest BCUT2D eigenvalue weighted by Crippen LogP contribution is 2.69. The van der Waals surface area contributed by atoms with Gasteiger partial charge in [-0.05, 0) is 27.1 Å². The molecule has 1 N–H and O–H groups in total. The molecular weight excluding hydrogens is 895 g/mol. The molecule has 0 bridgehead atoms. The zero-order chi connectivity index (χ0) is 45.3. The van der Waals surface area contributed by atoms with E-state index in [1.807, 2.05) is 0 Å². The van der Waals surface area contributed by atoms with Gasteiger partial charge in [-0.1, -0.05) is 0 Å². The van der Waals surface area contributed by atoms with Crippen LogP contribution in [0.5, 0.6) is 0 Å². The van der Waals surface area contributed by atoms with E-state index in [-0.39, 0.29) is 13.0 Å². The van der Waals surface area contributed by atoms with Crippen LogP contribution in [0, 0.1) is 0 Å². The van der Waals surface area contributed by atoms with Crippen molar-refractivity contribution in [1.29, 1.82) is 0 Å². The van der Waals surface area contributed by atoms with Gasteiger partial charge in [-0.15, -0.1) is 0 Å². The Morgan fingerprint density at radius 1 is 0.400 bits per heavy atom. The zero-order valence-corrected chi connectivity index (χ0v) is 26.5. The van der Waals surface area contributed by atoms with Gasteiger partial charge in [0.1, 0.15) is 0 Å². The maximum absolute atomic E-state index is 14.0. The molecule has 0 amide bonds. The lowest BCUT2D eigenvalue weighted by Gasteiger charge is -2.46. The van der Waals surface area contributed by atoms with Crippen LogP contribution < -0.4 is 4.72 Å². The molecule has 0 unspecified atom stereocenters. The molecule has 34 heteroatoms. The molecule has 0 fully saturated rings. The minimum Gasteiger partial charge on any atom is -0.309 e. The lowest BCUT2D eigenvalue weighted by molar-refractivity contribution is -0.487. The second-order valence-electron chi connectivity index (χ2n) is 11.2. The number of hydrogen-bond acceptors (Lipinski definition) is 3. The highest BCUT2D eigenvalue weighted by Gasteiger charge is 3.00. The van der Waals surface area contributed by atoms with E-state index in [9.17, 15) is 136 Å². The summed E-state index contributed by atoms with van der Waals surface area (Å²) >= 11 is 0. The second kappa shape index (κ2) is 14.3. The van der Waals surface area contributed by atoms with E-state index in [0.717, 1.165) is 0 Å². The van der Waals surface area contributed by atoms with Crippen molar-refractivity contribution in [1.82, 2.24) is 9.62 Å². The first-order valence-electron chi connectivity index (χ1n) is 13.0. The highest BCUT2D eigenvalue weighted by atomic mass is 32.2. The maximum Gasteiger partial charge on any atom is 0.460 e. The van der Waals surface area contributed by atoms with Crippen molar-refractivity contribution in [2.45, 2.75) is 96.0 Å². The molecule has 0 spiro atoms. The molecule has 0 aliphatic heterocycles. The van der Waals surface area contributed by atoms with Crippen LogP contribution in [0.2, 0.25) is 0 Å². The monoisotopic (exact) mass is 912 g/mol. The van der Waals surface area contributed by atoms with Gasteiger partial charge in [0.2, 0.25) is 10.0 Å². The minimum absolute atomic E-state index is 0.0226. The summed E-state index contributed by atoms with van der Waals surface area (Å²) in [4.78, 5) is 1.33. The summed E-state index contributed by atoms with van der Waals surface area (Å²) in [6.45, 7) is -0.812. The van der Waals surface area contributed by atoms with Crippen LogP contribution in [-0.4, -0.2) is 129 Å². The van der Waals surface area contributed by atoms with Gasteiger partial charge in [0.25, 0.3) is 0 Å². The molecule has 0 aliphatic rings. The normalized spacial score (nSPS) is 16.7. The largest absolute Gasteiger partial charge is 0.460 e. The van der Waals surface area contributed by atoms with Crippen LogP contribution >= 0.6 is 0 Å². The first-order valence-corrected chi connectivity index (χ1v) is 14.6. The van der Waals surface area contributed by atoms with E-state index < -0.39 is 112 Å². The lowest BCUT2D eigenvalue weighted by atomic mass is 9.83. The summed E-state index contributed by atoms with van der Waals surface area (Å²) < 4.78 is 419. The number of alkyl halides is 29. The van der Waals surface area contributed by atoms with Crippen molar-refractivity contribution in [2.75, 3.05) is 32.9 Å². The molecule has 332 valence electrons. The predicted octanol–water partition coefficient (Wildman–Crippen LogP) is 9.07. The van der Waals surface area contributed by atoms with E-state index in [1.54, 1.807) is 0 Å². The summed E-state index contributed by atoms with van der Waals surface area (Å²) in [5, 5.41) is 0. The fourth-order valence-corrected chi connectivity index (χ4v) is 4.62. The van der Waals surface area contributed by atoms with Gasteiger partial charge < -0.3 is 4.90 Å². The van der Waals surface area contributed by atoms with E-state index in [2.05, 4.69) is 0 Å². The third-order valence-electron chi connectivity index (χ3n) is 6.94. The fourth-order valence-electron chi connectivity index (χ4n) is 3.49. The Bertz CT molecular complexity index is 1450. The highest BCUT2D eigenvalue weighted by molar-refractivity contribution is 7.89. The molecule has 0 saturated heterocycles. The van der Waals surface area contributed by atoms with Crippen molar-refractivity contribution in [3.8, 4) is 0 Å². The van der Waals surface area contributed by atoms with E-state index in [4.69, 9.17) is 0 Å². The second-order valence-corrected chi connectivity index (χ2v) is 13.1. The third-order valence-corrected chi connectivity index (χ3v) is 8.33. The standard InChI is InChI=1S/C21H17F29N2O2S/c1-52(2)6-3-5-51-55(53,54)7-4-8(22,23)9(24,25)10(26,27)11(28,29)12(30,31)13(32,33)14(34,35)15(36,37)16(38,39)17(40,41)18(42,43)19(44,45)20(46,47)21(48,49)50/h51H,3-7H2,1-2H3. The van der Waals surface area contributed by atoms with Gasteiger partial charge >= 0.3 is 83.2 Å². The van der Waals surface area contributed by atoms with Gasteiger partial charge in [0.05, 0.1) is 5.75 Å². The topological polar surface area (TPSA) is 49.4 Å². The minimum atomic E-state index is -9.99. The summed E-state index contributed by atoms with van der Waals surface area (Å²) in [6.07, 6.45) is -12.0. The molecule has 0 aromatic rings. The van der Waals surface area contributed by atoms with Crippen LogP contribution in [0.3, 0.4) is 0 Å². The Labute approximate surface area is 285 Å². The molecular formula is C21H17F29N2O2S. The SMILES string of the molecule is CN(C)CCCNS(=O)(=O)CCC(F)(F)C(F)(F)C(F)(F)C(F)(F)C(F)(F)C(F)(F)C(F)(F)C(F)(F)C(F)(F)C(F)(F)C(F)(F)C(F)(F)C(F)(F)C(F)(F)F. The van der Waals surface area contributed by atoms with Crippen molar-refractivity contribution in [3.63, 3.8) is 0 Å². The Kier molecular flexibility index (Phi) is 13.7. The Hall–Kier alpha value is -2.16. The molecule has 0 radical (unpaired) electrons. The average Bonchev–Trinajstić information content (AvgIpc) is 2.96. The number of nitrogens with zero attached hydrogens (tertiary/aromatic N) is 1. The van der Waals surface area contributed by atoms with Crippen LogP contribution in [0.1, 0.15) is 12.8 Å². The molecule has 0 aromatic carbocycles. The molecule has 0 aliphatic carbocycles. The van der Waals surface area contributed by atoms with Crippen LogP contribution in [0.25, 0.3) is 0 Å². The first-order chi connectivity index (χ1) is 23.4. The van der Waals surface area contributed by atoms with Crippen molar-refractivity contribution < 1.29 is 136 Å². The molecule has 0 saturated carbocycles. The molecule has 55 heavy (non-hydrogen) atoms. The number of rotatable bonds is 20. The van der Waals surface area contributed by atoms with Crippen LogP contribution in [0.15, 0.2) is 0 Å². The van der Waals surface area contributed by atoms with Gasteiger partial charge in [-0.25, -0.2) is 13.1 Å². The van der Waals surface area contributed by atoms with Crippen molar-refractivity contribution >= 4 is 10.0 Å². The summed E-state index contributed by atoms with van der Waals surface area (Å²) in [5.74, 6) is -124. The van der Waals surface area contributed by atoms with Gasteiger partial charge in [0.15, 0.2) is 0 Å². The molecule has 0 atom stereocenters. The van der Waals surface area contributed by atoms with E-state index >= 15 is 0 Å². The first kappa shape index (κ1) is 52.8. The lowest BCUT2D eigenvalue weighted by Crippen LogP contribution is -2.79. The maximum atomic E-state index is 14.0. The van der Waals surface area contributed by atoms with Crippen LogP contribution in [0.4, 0.5) is 127 Å². The average molecular weight is 912 g/mol. The van der Waals surface area contributed by atoms with Crippen LogP contribution in [-0.2, 0) is 10.0 Å². The fraction of sp³-hybridized carbons (Fsp3) is 1.00. The smallest absolute Gasteiger partial charge is 0.309 e. The Morgan fingerprint density at radius 2 is 0.636 bits per heavy atom. The quantitative estimate of drug-likeness (QED) is 0.0981. The molecule has 0 rings (SSSR count). The van der Waals surface area contributed by atoms with E-state index in [0.29, 0.717) is 0 Å². The Balaban J connectivity index is 7.20. The van der Waals surface area contributed by atoms with Gasteiger partial charge in [0, 0.05) is 13.0 Å². The Morgan fingerprint density at radius 3 is 0.873 bits per heavy atom. The van der Waals surface area contributed by atoms with Gasteiger partial charge in [-0.2, -0.15) is 127 Å². The number of halogens is 29. The van der Waals surface area contributed by atoms with Gasteiger partial charge in [-0.3, -0.25) is 0 Å². The third kappa shape index (κ3) is 7.64.